The monoisotopic (exact) mass is 435 g/mol. The van der Waals surface area contributed by atoms with Gasteiger partial charge in [0, 0.05) is 0 Å². The minimum absolute atomic E-state index is 1.02. The van der Waals surface area contributed by atoms with Gasteiger partial charge in [-0.05, 0) is 5.92 Å². The molecule has 0 heteroatoms. The van der Waals surface area contributed by atoms with Gasteiger partial charge in [-0.2, -0.15) is 0 Å². The zero-order valence-corrected chi connectivity index (χ0v) is 22.4. The fraction of sp³-hybridized carbons (Fsp3) is 0.968. The van der Waals surface area contributed by atoms with Gasteiger partial charge in [-0.1, -0.05) is 194 Å². The Morgan fingerprint density at radius 3 is 0.903 bits per heavy atom. The van der Waals surface area contributed by atoms with E-state index in [0.717, 1.165) is 12.3 Å². The van der Waals surface area contributed by atoms with Crippen LogP contribution < -0.4 is 0 Å². The number of hydrogen-bond donors (Lipinski definition) is 0. The minimum atomic E-state index is 1.02. The Bertz CT molecular complexity index is 294. The van der Waals surface area contributed by atoms with E-state index in [0.29, 0.717) is 0 Å². The van der Waals surface area contributed by atoms with Crippen LogP contribution in [0.25, 0.3) is 0 Å². The third-order valence-electron chi connectivity index (χ3n) is 7.29. The maximum atomic E-state index is 4.01. The fourth-order valence-corrected chi connectivity index (χ4v) is 5.06. The summed E-state index contributed by atoms with van der Waals surface area (Å²) >= 11 is 0. The Hall–Kier alpha value is 0. The first-order valence-corrected chi connectivity index (χ1v) is 15.1. The van der Waals surface area contributed by atoms with E-state index in [-0.39, 0.29) is 0 Å². The lowest BCUT2D eigenvalue weighted by molar-refractivity contribution is 0.366. The van der Waals surface area contributed by atoms with Gasteiger partial charge in [-0.25, -0.2) is 0 Å². The Morgan fingerprint density at radius 2 is 0.613 bits per heavy atom. The second-order valence-corrected chi connectivity index (χ2v) is 10.5. The van der Waals surface area contributed by atoms with Crippen LogP contribution in [0.2, 0.25) is 0 Å². The summed E-state index contributed by atoms with van der Waals surface area (Å²) in [5.74, 6) is 1.02. The van der Waals surface area contributed by atoms with Crippen molar-refractivity contribution >= 4 is 0 Å². The van der Waals surface area contributed by atoms with Crippen LogP contribution in [0.1, 0.15) is 187 Å². The van der Waals surface area contributed by atoms with Crippen LogP contribution in [-0.4, -0.2) is 0 Å². The maximum Gasteiger partial charge on any atom is -0.0414 e. The quantitative estimate of drug-likeness (QED) is 0.112. The Balaban J connectivity index is 3.67. The molecule has 0 fully saturated rings. The largest absolute Gasteiger partial charge is 0.0654 e. The molecule has 0 bridgehead atoms. The number of rotatable bonds is 27. The lowest BCUT2D eigenvalue weighted by Gasteiger charge is -2.17. The molecule has 0 aromatic rings. The summed E-state index contributed by atoms with van der Waals surface area (Å²) < 4.78 is 0. The predicted molar refractivity (Wildman–Crippen MR) is 145 cm³/mol. The average Bonchev–Trinajstić information content (AvgIpc) is 2.78. The van der Waals surface area contributed by atoms with Crippen molar-refractivity contribution in [2.75, 3.05) is 0 Å². The van der Waals surface area contributed by atoms with Crippen LogP contribution in [0.3, 0.4) is 0 Å². The van der Waals surface area contributed by atoms with Crippen molar-refractivity contribution in [2.45, 2.75) is 187 Å². The van der Waals surface area contributed by atoms with Crippen LogP contribution in [-0.2, 0) is 0 Å². The van der Waals surface area contributed by atoms with Crippen molar-refractivity contribution in [1.29, 1.82) is 0 Å². The molecule has 1 atom stereocenters. The summed E-state index contributed by atoms with van der Waals surface area (Å²) in [6.07, 6.45) is 39.2. The van der Waals surface area contributed by atoms with Crippen molar-refractivity contribution in [3.63, 3.8) is 0 Å². The van der Waals surface area contributed by atoms with E-state index in [1.165, 1.54) is 167 Å². The zero-order valence-electron chi connectivity index (χ0n) is 22.4. The van der Waals surface area contributed by atoms with Crippen molar-refractivity contribution < 1.29 is 0 Å². The van der Waals surface area contributed by atoms with Crippen LogP contribution in [0.5, 0.6) is 0 Å². The van der Waals surface area contributed by atoms with Crippen molar-refractivity contribution in [2.24, 2.45) is 5.92 Å². The minimum Gasteiger partial charge on any atom is -0.0654 e. The van der Waals surface area contributed by atoms with Gasteiger partial charge in [0.05, 0.1) is 0 Å². The summed E-state index contributed by atoms with van der Waals surface area (Å²) in [6.45, 7) is 8.63. The molecule has 0 heterocycles. The summed E-state index contributed by atoms with van der Waals surface area (Å²) in [5, 5.41) is 0. The lowest BCUT2D eigenvalue weighted by atomic mass is 9.89. The molecule has 0 aliphatic carbocycles. The van der Waals surface area contributed by atoms with Crippen LogP contribution in [0.15, 0.2) is 0 Å². The van der Waals surface area contributed by atoms with Crippen LogP contribution in [0, 0.1) is 12.8 Å². The van der Waals surface area contributed by atoms with Gasteiger partial charge in [0.25, 0.3) is 0 Å². The average molecular weight is 436 g/mol. The molecule has 0 saturated heterocycles. The number of hydrogen-bond acceptors (Lipinski definition) is 0. The van der Waals surface area contributed by atoms with E-state index in [1.54, 1.807) is 0 Å². The second kappa shape index (κ2) is 28.0. The SMILES string of the molecule is [CH2]CCCCCC(CCCCCCCCCCC)CCCCCCCCCCCCC. The highest BCUT2D eigenvalue weighted by Crippen LogP contribution is 2.24. The second-order valence-electron chi connectivity index (χ2n) is 10.5. The lowest BCUT2D eigenvalue weighted by Crippen LogP contribution is -2.01. The van der Waals surface area contributed by atoms with Crippen molar-refractivity contribution in [1.82, 2.24) is 0 Å². The highest BCUT2D eigenvalue weighted by molar-refractivity contribution is 4.62. The van der Waals surface area contributed by atoms with E-state index in [2.05, 4.69) is 20.8 Å². The molecule has 0 spiro atoms. The summed E-state index contributed by atoms with van der Waals surface area (Å²) in [7, 11) is 0. The highest BCUT2D eigenvalue weighted by Gasteiger charge is 2.08. The van der Waals surface area contributed by atoms with Gasteiger partial charge in [0.2, 0.25) is 0 Å². The molecule has 1 radical (unpaired) electrons. The molecule has 0 aromatic heterocycles. The fourth-order valence-electron chi connectivity index (χ4n) is 5.06. The molecule has 0 aliphatic rings. The van der Waals surface area contributed by atoms with E-state index in [4.69, 9.17) is 0 Å². The van der Waals surface area contributed by atoms with Crippen molar-refractivity contribution in [3.8, 4) is 0 Å². The molecule has 0 amide bonds. The van der Waals surface area contributed by atoms with Gasteiger partial charge in [-0.15, -0.1) is 0 Å². The molecular weight excluding hydrogens is 372 g/mol. The molecule has 0 aliphatic heterocycles. The van der Waals surface area contributed by atoms with Crippen LogP contribution >= 0.6 is 0 Å². The van der Waals surface area contributed by atoms with Gasteiger partial charge in [-0.3, -0.25) is 0 Å². The molecule has 0 aromatic carbocycles. The summed E-state index contributed by atoms with van der Waals surface area (Å²) in [6, 6.07) is 0. The van der Waals surface area contributed by atoms with Gasteiger partial charge in [0.1, 0.15) is 0 Å². The molecule has 31 heavy (non-hydrogen) atoms. The molecule has 0 saturated carbocycles. The van der Waals surface area contributed by atoms with E-state index in [1.807, 2.05) is 0 Å². The normalized spacial score (nSPS) is 12.5. The maximum absolute atomic E-state index is 4.01. The van der Waals surface area contributed by atoms with Gasteiger partial charge >= 0.3 is 0 Å². The molecule has 0 nitrogen and oxygen atoms in total. The van der Waals surface area contributed by atoms with Gasteiger partial charge < -0.3 is 0 Å². The molecule has 0 rings (SSSR count). The third kappa shape index (κ3) is 26.1. The topological polar surface area (TPSA) is 0 Å². The third-order valence-corrected chi connectivity index (χ3v) is 7.29. The van der Waals surface area contributed by atoms with E-state index < -0.39 is 0 Å². The van der Waals surface area contributed by atoms with E-state index in [9.17, 15) is 0 Å². The molecular formula is C31H63. The van der Waals surface area contributed by atoms with E-state index >= 15 is 0 Å². The standard InChI is InChI=1S/C31H63/c1-4-7-10-13-15-17-18-20-22-24-27-30-31(28-25-12-9-6-3)29-26-23-21-19-16-14-11-8-5-2/h31H,3-30H2,1-2H3. The first-order chi connectivity index (χ1) is 15.3. The highest BCUT2D eigenvalue weighted by atomic mass is 14.1. The summed E-state index contributed by atoms with van der Waals surface area (Å²) in [4.78, 5) is 0. The molecule has 1 unspecified atom stereocenters. The Labute approximate surface area is 200 Å². The van der Waals surface area contributed by atoms with Crippen LogP contribution in [0.4, 0.5) is 0 Å². The first-order valence-electron chi connectivity index (χ1n) is 15.1. The Morgan fingerprint density at radius 1 is 0.355 bits per heavy atom. The first kappa shape index (κ1) is 31.0. The smallest absolute Gasteiger partial charge is 0.0414 e. The Kier molecular flexibility index (Phi) is 28.0. The summed E-state index contributed by atoms with van der Waals surface area (Å²) in [5.41, 5.74) is 0. The number of unbranched alkanes of at least 4 members (excludes halogenated alkanes) is 21. The molecule has 187 valence electrons. The molecule has 0 N–H and O–H groups in total. The predicted octanol–water partition coefficient (Wildman–Crippen LogP) is 12.0. The van der Waals surface area contributed by atoms with Gasteiger partial charge in [0.15, 0.2) is 0 Å². The van der Waals surface area contributed by atoms with Crippen molar-refractivity contribution in [3.05, 3.63) is 6.92 Å². The zero-order chi connectivity index (χ0) is 22.7.